The molecule has 0 unspecified atom stereocenters. The molecule has 0 spiro atoms. The van der Waals surface area contributed by atoms with Gasteiger partial charge < -0.3 is 31.5 Å². The van der Waals surface area contributed by atoms with Gasteiger partial charge in [-0.1, -0.05) is 29.8 Å². The van der Waals surface area contributed by atoms with E-state index in [4.69, 9.17) is 16.0 Å². The van der Waals surface area contributed by atoms with E-state index in [0.717, 1.165) is 25.7 Å². The number of carbonyl (C=O) groups is 3. The molecular formula is C25H29N7O5. The van der Waals surface area contributed by atoms with Gasteiger partial charge in [0.1, 0.15) is 11.5 Å². The Morgan fingerprint density at radius 3 is 2.51 bits per heavy atom. The highest BCUT2D eigenvalue weighted by atomic mass is 16.6. The van der Waals surface area contributed by atoms with Crippen LogP contribution < -0.4 is 26.4 Å². The lowest BCUT2D eigenvalue weighted by Crippen LogP contribution is -2.47. The summed E-state index contributed by atoms with van der Waals surface area (Å²) in [5.41, 5.74) is 15.1. The molecule has 0 aliphatic heterocycles. The number of nitrogens with two attached hydrogens (primary N) is 1. The third-order valence-electron chi connectivity index (χ3n) is 5.67. The molecule has 194 valence electrons. The van der Waals surface area contributed by atoms with Crippen LogP contribution in [0.1, 0.15) is 46.4 Å². The summed E-state index contributed by atoms with van der Waals surface area (Å²) >= 11 is 0. The molecule has 3 amide bonds. The average molecular weight is 508 g/mol. The van der Waals surface area contributed by atoms with Crippen molar-refractivity contribution in [3.05, 3.63) is 76.2 Å². The molecule has 37 heavy (non-hydrogen) atoms. The summed E-state index contributed by atoms with van der Waals surface area (Å²) in [6.07, 6.45) is 7.08. The van der Waals surface area contributed by atoms with Gasteiger partial charge in [0.05, 0.1) is 11.6 Å². The molecule has 0 heterocycles. The maximum absolute atomic E-state index is 12.4. The van der Waals surface area contributed by atoms with Crippen molar-refractivity contribution in [3.8, 4) is 11.5 Å². The Balaban J connectivity index is 1.42. The number of azide groups is 1. The molecule has 0 fully saturated rings. The summed E-state index contributed by atoms with van der Waals surface area (Å²) in [6, 6.07) is 9.48. The number of hydrogen-bond acceptors (Lipinski definition) is 7. The highest BCUT2D eigenvalue weighted by Gasteiger charge is 2.20. The van der Waals surface area contributed by atoms with Gasteiger partial charge in [-0.25, -0.2) is 4.79 Å². The Bertz CT molecular complexity index is 1190. The van der Waals surface area contributed by atoms with E-state index in [1.165, 1.54) is 42.5 Å². The molecule has 2 aromatic rings. The van der Waals surface area contributed by atoms with Crippen molar-refractivity contribution in [2.75, 3.05) is 13.1 Å². The maximum atomic E-state index is 12.4. The van der Waals surface area contributed by atoms with Crippen molar-refractivity contribution in [3.63, 3.8) is 0 Å². The fourth-order valence-electron chi connectivity index (χ4n) is 3.71. The molecule has 2 aromatic carbocycles. The maximum Gasteiger partial charge on any atom is 0.412 e. The summed E-state index contributed by atoms with van der Waals surface area (Å²) in [4.78, 5) is 39.5. The first-order chi connectivity index (χ1) is 17.9. The predicted molar refractivity (Wildman–Crippen MR) is 137 cm³/mol. The number of ether oxygens (including phenoxy) is 1. The third kappa shape index (κ3) is 8.27. The van der Waals surface area contributed by atoms with Crippen molar-refractivity contribution >= 4 is 23.6 Å². The van der Waals surface area contributed by atoms with Crippen LogP contribution in [0.4, 0.5) is 10.5 Å². The molecule has 1 aliphatic carbocycles. The van der Waals surface area contributed by atoms with Gasteiger partial charge in [-0.3, -0.25) is 9.59 Å². The number of rotatable bonds is 8. The first kappa shape index (κ1) is 27.1. The van der Waals surface area contributed by atoms with Crippen LogP contribution in [0.3, 0.4) is 0 Å². The van der Waals surface area contributed by atoms with Crippen LogP contribution in [0.15, 0.2) is 59.7 Å². The van der Waals surface area contributed by atoms with Crippen molar-refractivity contribution < 1.29 is 24.2 Å². The van der Waals surface area contributed by atoms with Crippen molar-refractivity contribution in [1.82, 2.24) is 16.0 Å². The Labute approximate surface area is 213 Å². The van der Waals surface area contributed by atoms with E-state index in [2.05, 4.69) is 26.0 Å². The molecular weight excluding hydrogens is 478 g/mol. The van der Waals surface area contributed by atoms with E-state index < -0.39 is 12.0 Å². The van der Waals surface area contributed by atoms with Gasteiger partial charge >= 0.3 is 6.09 Å². The highest BCUT2D eigenvalue weighted by molar-refractivity contribution is 5.97. The van der Waals surface area contributed by atoms with E-state index in [-0.39, 0.29) is 53.8 Å². The second-order valence-corrected chi connectivity index (χ2v) is 8.36. The van der Waals surface area contributed by atoms with Gasteiger partial charge in [0.15, 0.2) is 0 Å². The number of carbonyl (C=O) groups excluding carboxylic acids is 3. The quantitative estimate of drug-likeness (QED) is 0.119. The second-order valence-electron chi connectivity index (χ2n) is 8.36. The SMILES string of the molecule is [N-]=[N+]=Nc1ccc(C(=O)NCCNC(=O)c2ccc(OC(=O)N[C@@H]3CCCC/C=C/[C@H]3N)cc2)c(O)c1. The first-order valence-electron chi connectivity index (χ1n) is 11.8. The van der Waals surface area contributed by atoms with Gasteiger partial charge in [0.25, 0.3) is 11.8 Å². The van der Waals surface area contributed by atoms with E-state index in [1.54, 1.807) is 0 Å². The van der Waals surface area contributed by atoms with Crippen molar-refractivity contribution in [2.24, 2.45) is 10.8 Å². The smallest absolute Gasteiger partial charge is 0.412 e. The predicted octanol–water partition coefficient (Wildman–Crippen LogP) is 3.41. The topological polar surface area (TPSA) is 192 Å². The lowest BCUT2D eigenvalue weighted by Gasteiger charge is -2.24. The summed E-state index contributed by atoms with van der Waals surface area (Å²) in [6.45, 7) is 0.251. The number of hydrogen-bond donors (Lipinski definition) is 5. The lowest BCUT2D eigenvalue weighted by molar-refractivity contribution is 0.0926. The van der Waals surface area contributed by atoms with E-state index >= 15 is 0 Å². The van der Waals surface area contributed by atoms with Crippen LogP contribution in [-0.2, 0) is 0 Å². The monoisotopic (exact) mass is 507 g/mol. The average Bonchev–Trinajstić information content (AvgIpc) is 2.87. The number of phenolic OH excluding ortho intramolecular Hbond substituents is 1. The number of amides is 3. The minimum atomic E-state index is -0.610. The van der Waals surface area contributed by atoms with Crippen molar-refractivity contribution in [1.29, 1.82) is 0 Å². The van der Waals surface area contributed by atoms with Gasteiger partial charge in [-0.2, -0.15) is 0 Å². The van der Waals surface area contributed by atoms with Gasteiger partial charge in [0, 0.05) is 35.3 Å². The molecule has 1 aliphatic rings. The Morgan fingerprint density at radius 2 is 1.81 bits per heavy atom. The molecule has 0 saturated heterocycles. The Morgan fingerprint density at radius 1 is 1.08 bits per heavy atom. The fourth-order valence-corrected chi connectivity index (χ4v) is 3.71. The zero-order valence-electron chi connectivity index (χ0n) is 20.1. The fraction of sp³-hybridized carbons (Fsp3) is 0.320. The molecule has 12 heteroatoms. The number of phenols is 1. The van der Waals surface area contributed by atoms with E-state index in [0.29, 0.717) is 5.56 Å². The standard InChI is InChI=1S/C25H29N7O5/c26-20-5-3-1-2-4-6-21(20)30-25(36)37-18-10-7-16(8-11-18)23(34)28-13-14-29-24(35)19-12-9-17(31-32-27)15-22(19)33/h3,5,7-12,15,20-21,33H,1-2,4,6,13-14,26H2,(H,28,34)(H,29,35)(H,30,36)/b5-3+/t20-,21-/m1/s1. The van der Waals surface area contributed by atoms with Gasteiger partial charge in [-0.15, -0.1) is 0 Å². The van der Waals surface area contributed by atoms with Crippen molar-refractivity contribution in [2.45, 2.75) is 37.8 Å². The Kier molecular flexibility index (Phi) is 9.89. The molecule has 6 N–H and O–H groups in total. The molecule has 0 saturated carbocycles. The van der Waals surface area contributed by atoms with Gasteiger partial charge in [0.2, 0.25) is 0 Å². The molecule has 12 nitrogen and oxygen atoms in total. The summed E-state index contributed by atoms with van der Waals surface area (Å²) < 4.78 is 5.32. The second kappa shape index (κ2) is 13.5. The molecule has 0 aromatic heterocycles. The number of aromatic hydroxyl groups is 1. The van der Waals surface area contributed by atoms with Crippen LogP contribution in [0.25, 0.3) is 10.4 Å². The third-order valence-corrected chi connectivity index (χ3v) is 5.67. The highest BCUT2D eigenvalue weighted by Crippen LogP contribution is 2.24. The summed E-state index contributed by atoms with van der Waals surface area (Å²) in [5.74, 6) is -0.969. The summed E-state index contributed by atoms with van der Waals surface area (Å²) in [5, 5.41) is 21.3. The number of benzene rings is 2. The molecule has 0 bridgehead atoms. The summed E-state index contributed by atoms with van der Waals surface area (Å²) in [7, 11) is 0. The van der Waals surface area contributed by atoms with Crippen LogP contribution in [0.5, 0.6) is 11.5 Å². The van der Waals surface area contributed by atoms with Crippen LogP contribution in [0, 0.1) is 0 Å². The van der Waals surface area contributed by atoms with Gasteiger partial charge in [-0.05, 0) is 61.2 Å². The molecule has 2 atom stereocenters. The molecule has 3 rings (SSSR count). The van der Waals surface area contributed by atoms with Crippen LogP contribution >= 0.6 is 0 Å². The van der Waals surface area contributed by atoms with Crippen LogP contribution in [0.2, 0.25) is 0 Å². The number of allylic oxidation sites excluding steroid dienone is 1. The largest absolute Gasteiger partial charge is 0.507 e. The van der Waals surface area contributed by atoms with E-state index in [9.17, 15) is 19.5 Å². The Hall–Kier alpha value is -4.54. The number of nitrogens with one attached hydrogen (secondary N) is 3. The van der Waals surface area contributed by atoms with Crippen LogP contribution in [-0.4, -0.2) is 48.2 Å². The minimum absolute atomic E-state index is 0.0100. The van der Waals surface area contributed by atoms with E-state index in [1.807, 2.05) is 12.2 Å². The lowest BCUT2D eigenvalue weighted by atomic mass is 9.98. The zero-order valence-corrected chi connectivity index (χ0v) is 20.1. The zero-order chi connectivity index (χ0) is 26.6. The minimum Gasteiger partial charge on any atom is -0.507 e. The molecule has 0 radical (unpaired) electrons. The normalized spacial score (nSPS) is 17.8. The number of nitrogens with zero attached hydrogens (tertiary/aromatic N) is 3. The first-order valence-corrected chi connectivity index (χ1v) is 11.8.